The van der Waals surface area contributed by atoms with E-state index in [1.807, 2.05) is 30.3 Å². The van der Waals surface area contributed by atoms with E-state index >= 15 is 0 Å². The van der Waals surface area contributed by atoms with E-state index in [0.29, 0.717) is 5.56 Å². The first kappa shape index (κ1) is 19.0. The highest BCUT2D eigenvalue weighted by Gasteiger charge is 2.40. The number of carbonyl (C=O) groups excluding carboxylic acids is 2. The van der Waals surface area contributed by atoms with Gasteiger partial charge in [0.2, 0.25) is 0 Å². The molecule has 1 aliphatic carbocycles. The second-order valence-electron chi connectivity index (χ2n) is 6.50. The zero-order chi connectivity index (χ0) is 19.4. The molecule has 0 saturated heterocycles. The van der Waals surface area contributed by atoms with Gasteiger partial charge in [0.25, 0.3) is 11.8 Å². The summed E-state index contributed by atoms with van der Waals surface area (Å²) < 4.78 is 10.6. The van der Waals surface area contributed by atoms with Gasteiger partial charge in [0.1, 0.15) is 0 Å². The number of carbonyl (C=O) groups is 2. The predicted molar refractivity (Wildman–Crippen MR) is 102 cm³/mol. The minimum Gasteiger partial charge on any atom is -0.493 e. The molecule has 2 aromatic rings. The van der Waals surface area contributed by atoms with E-state index in [4.69, 9.17) is 26.8 Å². The van der Waals surface area contributed by atoms with E-state index in [-0.39, 0.29) is 34.6 Å². The maximum absolute atomic E-state index is 12.9. The Morgan fingerprint density at radius 3 is 2.48 bits per heavy atom. The number of primary amides is 1. The van der Waals surface area contributed by atoms with Crippen molar-refractivity contribution in [2.75, 3.05) is 13.7 Å². The molecule has 0 unspecified atom stereocenters. The Morgan fingerprint density at radius 1 is 1.22 bits per heavy atom. The van der Waals surface area contributed by atoms with Crippen molar-refractivity contribution in [3.05, 3.63) is 58.6 Å². The fraction of sp³-hybridized carbons (Fsp3) is 0.300. The topological polar surface area (TPSA) is 90.7 Å². The third kappa shape index (κ3) is 4.01. The second-order valence-corrected chi connectivity index (χ2v) is 6.91. The van der Waals surface area contributed by atoms with Gasteiger partial charge in [-0.1, -0.05) is 41.9 Å². The van der Waals surface area contributed by atoms with Gasteiger partial charge >= 0.3 is 0 Å². The molecule has 3 N–H and O–H groups in total. The monoisotopic (exact) mass is 388 g/mol. The van der Waals surface area contributed by atoms with E-state index in [1.165, 1.54) is 19.2 Å². The maximum Gasteiger partial charge on any atom is 0.255 e. The summed E-state index contributed by atoms with van der Waals surface area (Å²) in [4.78, 5) is 23.8. The standard InChI is InChI=1S/C20H21ClN2O4/c1-26-16-11-13(10-15(21)18(16)27-12-17(22)24)19(25)23-20(8-5-9-20)14-6-3-2-4-7-14/h2-4,6-7,10-11H,5,8-9,12H2,1H3,(H2,22,24)(H,23,25). The molecule has 0 heterocycles. The van der Waals surface area contributed by atoms with Crippen molar-refractivity contribution in [2.24, 2.45) is 5.73 Å². The lowest BCUT2D eigenvalue weighted by atomic mass is 9.71. The van der Waals surface area contributed by atoms with Gasteiger partial charge in [0.05, 0.1) is 17.7 Å². The molecule has 0 aromatic heterocycles. The van der Waals surface area contributed by atoms with Crippen LogP contribution < -0.4 is 20.5 Å². The van der Waals surface area contributed by atoms with Crippen molar-refractivity contribution < 1.29 is 19.1 Å². The van der Waals surface area contributed by atoms with Crippen molar-refractivity contribution in [3.8, 4) is 11.5 Å². The molecular formula is C20H21ClN2O4. The van der Waals surface area contributed by atoms with Crippen LogP contribution in [0.1, 0.15) is 35.2 Å². The van der Waals surface area contributed by atoms with Crippen LogP contribution in [0.5, 0.6) is 11.5 Å². The fourth-order valence-electron chi connectivity index (χ4n) is 3.20. The van der Waals surface area contributed by atoms with Crippen LogP contribution >= 0.6 is 11.6 Å². The molecule has 6 nitrogen and oxygen atoms in total. The highest BCUT2D eigenvalue weighted by molar-refractivity contribution is 6.32. The Kier molecular flexibility index (Phi) is 5.56. The van der Waals surface area contributed by atoms with Gasteiger partial charge in [-0.2, -0.15) is 0 Å². The third-order valence-electron chi connectivity index (χ3n) is 4.74. The Labute approximate surface area is 162 Å². The molecule has 142 valence electrons. The van der Waals surface area contributed by atoms with E-state index in [0.717, 1.165) is 24.8 Å². The number of halogens is 1. The number of hydrogen-bond acceptors (Lipinski definition) is 4. The van der Waals surface area contributed by atoms with Gasteiger partial charge in [0.15, 0.2) is 18.1 Å². The van der Waals surface area contributed by atoms with Gasteiger partial charge in [0, 0.05) is 5.56 Å². The van der Waals surface area contributed by atoms with E-state index in [9.17, 15) is 9.59 Å². The molecule has 2 aromatic carbocycles. The van der Waals surface area contributed by atoms with E-state index < -0.39 is 5.91 Å². The van der Waals surface area contributed by atoms with Gasteiger partial charge in [-0.05, 0) is 37.0 Å². The zero-order valence-electron chi connectivity index (χ0n) is 15.0. The molecule has 1 fully saturated rings. The first-order valence-electron chi connectivity index (χ1n) is 8.62. The van der Waals surface area contributed by atoms with Crippen LogP contribution in [0.4, 0.5) is 0 Å². The summed E-state index contributed by atoms with van der Waals surface area (Å²) in [5.41, 5.74) is 6.17. The van der Waals surface area contributed by atoms with Crippen LogP contribution in [-0.4, -0.2) is 25.5 Å². The smallest absolute Gasteiger partial charge is 0.255 e. The normalized spacial score (nSPS) is 14.7. The van der Waals surface area contributed by atoms with Crippen molar-refractivity contribution in [1.29, 1.82) is 0 Å². The number of amides is 2. The predicted octanol–water partition coefficient (Wildman–Crippen LogP) is 3.02. The minimum atomic E-state index is -0.635. The number of nitrogens with two attached hydrogens (primary N) is 1. The first-order valence-corrected chi connectivity index (χ1v) is 9.00. The molecule has 3 rings (SSSR count). The molecule has 0 spiro atoms. The van der Waals surface area contributed by atoms with Crippen LogP contribution in [0.25, 0.3) is 0 Å². The Morgan fingerprint density at radius 2 is 1.93 bits per heavy atom. The van der Waals surface area contributed by atoms with Crippen molar-refractivity contribution in [2.45, 2.75) is 24.8 Å². The lowest BCUT2D eigenvalue weighted by molar-refractivity contribution is -0.119. The number of ether oxygens (including phenoxy) is 2. The average Bonchev–Trinajstić information content (AvgIpc) is 2.63. The Hall–Kier alpha value is -2.73. The van der Waals surface area contributed by atoms with E-state index in [1.54, 1.807) is 0 Å². The summed E-state index contributed by atoms with van der Waals surface area (Å²) in [5, 5.41) is 3.31. The van der Waals surface area contributed by atoms with Gasteiger partial charge < -0.3 is 20.5 Å². The Bertz CT molecular complexity index is 851. The number of nitrogens with one attached hydrogen (secondary N) is 1. The molecule has 1 aliphatic rings. The third-order valence-corrected chi connectivity index (χ3v) is 5.02. The van der Waals surface area contributed by atoms with Crippen LogP contribution in [0.15, 0.2) is 42.5 Å². The van der Waals surface area contributed by atoms with Crippen molar-refractivity contribution in [1.82, 2.24) is 5.32 Å². The maximum atomic E-state index is 12.9. The number of rotatable bonds is 7. The molecule has 0 bridgehead atoms. The average molecular weight is 389 g/mol. The number of benzene rings is 2. The van der Waals surface area contributed by atoms with Crippen LogP contribution in [0.3, 0.4) is 0 Å². The van der Waals surface area contributed by atoms with Crippen molar-refractivity contribution in [3.63, 3.8) is 0 Å². The molecule has 27 heavy (non-hydrogen) atoms. The fourth-order valence-corrected chi connectivity index (χ4v) is 3.46. The van der Waals surface area contributed by atoms with Crippen LogP contribution in [0, 0.1) is 0 Å². The molecule has 1 saturated carbocycles. The number of methoxy groups -OCH3 is 1. The number of hydrogen-bond donors (Lipinski definition) is 2. The largest absolute Gasteiger partial charge is 0.493 e. The van der Waals surface area contributed by atoms with Crippen LogP contribution in [-0.2, 0) is 10.3 Å². The summed E-state index contributed by atoms with van der Waals surface area (Å²) in [6, 6.07) is 13.0. The molecule has 2 amide bonds. The molecular weight excluding hydrogens is 368 g/mol. The molecule has 0 radical (unpaired) electrons. The van der Waals surface area contributed by atoms with Gasteiger partial charge in [-0.25, -0.2) is 0 Å². The van der Waals surface area contributed by atoms with Gasteiger partial charge in [-0.15, -0.1) is 0 Å². The summed E-state index contributed by atoms with van der Waals surface area (Å²) in [6.45, 7) is -0.335. The molecule has 0 atom stereocenters. The SMILES string of the molecule is COc1cc(C(=O)NC2(c3ccccc3)CCC2)cc(Cl)c1OCC(N)=O. The summed E-state index contributed by atoms with van der Waals surface area (Å²) in [7, 11) is 1.43. The highest BCUT2D eigenvalue weighted by Crippen LogP contribution is 2.42. The quantitative estimate of drug-likeness (QED) is 0.762. The van der Waals surface area contributed by atoms with Crippen molar-refractivity contribution >= 4 is 23.4 Å². The van der Waals surface area contributed by atoms with Gasteiger partial charge in [-0.3, -0.25) is 9.59 Å². The van der Waals surface area contributed by atoms with Crippen LogP contribution in [0.2, 0.25) is 5.02 Å². The summed E-state index contributed by atoms with van der Waals surface area (Å²) in [5.74, 6) is -0.447. The zero-order valence-corrected chi connectivity index (χ0v) is 15.7. The Balaban J connectivity index is 1.84. The summed E-state index contributed by atoms with van der Waals surface area (Å²) in [6.07, 6.45) is 2.82. The highest BCUT2D eigenvalue weighted by atomic mass is 35.5. The molecule has 0 aliphatic heterocycles. The minimum absolute atomic E-state index is 0.170. The lowest BCUT2D eigenvalue weighted by Crippen LogP contribution is -2.50. The van der Waals surface area contributed by atoms with E-state index in [2.05, 4.69) is 5.32 Å². The summed E-state index contributed by atoms with van der Waals surface area (Å²) >= 11 is 6.24. The first-order chi connectivity index (χ1) is 12.9. The molecule has 7 heteroatoms. The lowest BCUT2D eigenvalue weighted by Gasteiger charge is -2.43. The second kappa shape index (κ2) is 7.88.